The lowest BCUT2D eigenvalue weighted by Gasteiger charge is -2.08. The van der Waals surface area contributed by atoms with Crippen molar-refractivity contribution in [1.29, 1.82) is 0 Å². The van der Waals surface area contributed by atoms with Crippen molar-refractivity contribution in [2.45, 2.75) is 12.8 Å². The molecule has 0 saturated heterocycles. The lowest BCUT2D eigenvalue weighted by molar-refractivity contribution is -0.129. The molecular formula is C10H14N2O2. The molecule has 0 atom stereocenters. The Morgan fingerprint density at radius 3 is 3.14 bits per heavy atom. The summed E-state index contributed by atoms with van der Waals surface area (Å²) < 4.78 is 0. The van der Waals surface area contributed by atoms with Gasteiger partial charge in [-0.3, -0.25) is 9.63 Å². The third kappa shape index (κ3) is 2.60. The van der Waals surface area contributed by atoms with E-state index in [1.807, 2.05) is 6.08 Å². The molecule has 1 aliphatic carbocycles. The molecule has 0 aromatic heterocycles. The van der Waals surface area contributed by atoms with E-state index in [0.717, 1.165) is 6.54 Å². The van der Waals surface area contributed by atoms with Crippen LogP contribution >= 0.6 is 0 Å². The minimum absolute atomic E-state index is 0.186. The molecular weight excluding hydrogens is 180 g/mol. The van der Waals surface area contributed by atoms with Crippen molar-refractivity contribution >= 4 is 5.91 Å². The number of carbonyl (C=O) groups is 1. The molecule has 2 aliphatic rings. The van der Waals surface area contributed by atoms with Crippen molar-refractivity contribution in [3.8, 4) is 0 Å². The van der Waals surface area contributed by atoms with Crippen molar-refractivity contribution in [2.24, 2.45) is 5.92 Å². The summed E-state index contributed by atoms with van der Waals surface area (Å²) in [6, 6.07) is 0. The minimum Gasteiger partial charge on any atom is -0.387 e. The first-order valence-corrected chi connectivity index (χ1v) is 4.88. The molecule has 1 saturated carbocycles. The summed E-state index contributed by atoms with van der Waals surface area (Å²) in [5.74, 6) is 0.471. The van der Waals surface area contributed by atoms with E-state index in [0.29, 0.717) is 18.1 Å². The normalized spacial score (nSPS) is 19.9. The Bertz CT molecular complexity index is 280. The maximum atomic E-state index is 11.4. The lowest BCUT2D eigenvalue weighted by Crippen LogP contribution is -2.27. The summed E-state index contributed by atoms with van der Waals surface area (Å²) in [7, 11) is 0. The predicted octanol–water partition coefficient (Wildman–Crippen LogP) is 0.487. The molecule has 1 amide bonds. The molecule has 4 heteroatoms. The van der Waals surface area contributed by atoms with Gasteiger partial charge in [-0.2, -0.15) is 0 Å². The van der Waals surface area contributed by atoms with Crippen LogP contribution in [0.4, 0.5) is 0 Å². The van der Waals surface area contributed by atoms with Crippen LogP contribution in [0.3, 0.4) is 0 Å². The zero-order valence-electron chi connectivity index (χ0n) is 7.95. The standard InChI is InChI=1S/C10H14N2O2/c13-10(9-2-1-5-11-6-9)12-14-7-8-3-4-8/h1-2,6,8,11H,3-5,7H2,(H,12,13). The Labute approximate surface area is 83.0 Å². The summed E-state index contributed by atoms with van der Waals surface area (Å²) in [4.78, 5) is 16.5. The van der Waals surface area contributed by atoms with E-state index >= 15 is 0 Å². The van der Waals surface area contributed by atoms with Crippen molar-refractivity contribution in [2.75, 3.05) is 13.2 Å². The van der Waals surface area contributed by atoms with Crippen LogP contribution in [0.1, 0.15) is 12.8 Å². The predicted molar refractivity (Wildman–Crippen MR) is 52.0 cm³/mol. The third-order valence-corrected chi connectivity index (χ3v) is 2.23. The van der Waals surface area contributed by atoms with Gasteiger partial charge in [0.2, 0.25) is 0 Å². The summed E-state index contributed by atoms with van der Waals surface area (Å²) in [5.41, 5.74) is 3.03. The van der Waals surface area contributed by atoms with Crippen LogP contribution in [0, 0.1) is 5.92 Å². The third-order valence-electron chi connectivity index (χ3n) is 2.23. The highest BCUT2D eigenvalue weighted by atomic mass is 16.7. The molecule has 0 aromatic rings. The van der Waals surface area contributed by atoms with E-state index in [-0.39, 0.29) is 5.91 Å². The van der Waals surface area contributed by atoms with Gasteiger partial charge in [0.15, 0.2) is 0 Å². The Balaban J connectivity index is 1.71. The van der Waals surface area contributed by atoms with Crippen LogP contribution in [0.15, 0.2) is 23.9 Å². The quantitative estimate of drug-likeness (QED) is 0.640. The van der Waals surface area contributed by atoms with Crippen LogP contribution in [0.2, 0.25) is 0 Å². The number of carbonyl (C=O) groups excluding carboxylic acids is 1. The molecule has 14 heavy (non-hydrogen) atoms. The summed E-state index contributed by atoms with van der Waals surface area (Å²) in [5, 5.41) is 2.96. The first-order valence-electron chi connectivity index (χ1n) is 4.88. The Hall–Kier alpha value is -1.29. The smallest absolute Gasteiger partial charge is 0.276 e. The number of dihydropyridines is 1. The van der Waals surface area contributed by atoms with Gasteiger partial charge in [0.25, 0.3) is 5.91 Å². The SMILES string of the molecule is O=C(NOCC1CC1)C1=CNCC=C1. The Morgan fingerprint density at radius 1 is 1.64 bits per heavy atom. The molecule has 0 aromatic carbocycles. The highest BCUT2D eigenvalue weighted by Gasteiger charge is 2.22. The van der Waals surface area contributed by atoms with Gasteiger partial charge in [-0.15, -0.1) is 0 Å². The minimum atomic E-state index is -0.186. The highest BCUT2D eigenvalue weighted by Crippen LogP contribution is 2.28. The lowest BCUT2D eigenvalue weighted by atomic mass is 10.2. The van der Waals surface area contributed by atoms with Gasteiger partial charge in [0.1, 0.15) is 0 Å². The number of hydrogen-bond donors (Lipinski definition) is 2. The van der Waals surface area contributed by atoms with Crippen molar-refractivity contribution in [1.82, 2.24) is 10.8 Å². The molecule has 0 bridgehead atoms. The average Bonchev–Trinajstić information content (AvgIpc) is 3.03. The second-order valence-corrected chi connectivity index (χ2v) is 3.60. The van der Waals surface area contributed by atoms with Crippen LogP contribution < -0.4 is 10.8 Å². The summed E-state index contributed by atoms with van der Waals surface area (Å²) >= 11 is 0. The van der Waals surface area contributed by atoms with Gasteiger partial charge in [-0.25, -0.2) is 5.48 Å². The molecule has 0 radical (unpaired) electrons. The molecule has 0 spiro atoms. The fraction of sp³-hybridized carbons (Fsp3) is 0.500. The molecule has 4 nitrogen and oxygen atoms in total. The molecule has 1 aliphatic heterocycles. The molecule has 2 N–H and O–H groups in total. The molecule has 0 unspecified atom stereocenters. The van der Waals surface area contributed by atoms with Crippen LogP contribution in [-0.4, -0.2) is 19.1 Å². The van der Waals surface area contributed by atoms with Gasteiger partial charge in [-0.1, -0.05) is 12.2 Å². The maximum Gasteiger partial charge on any atom is 0.276 e. The summed E-state index contributed by atoms with van der Waals surface area (Å²) in [6.45, 7) is 1.41. The Morgan fingerprint density at radius 2 is 2.50 bits per heavy atom. The summed E-state index contributed by atoms with van der Waals surface area (Å²) in [6.07, 6.45) is 7.82. The fourth-order valence-corrected chi connectivity index (χ4v) is 1.18. The number of rotatable bonds is 4. The number of hydroxylamine groups is 1. The largest absolute Gasteiger partial charge is 0.387 e. The maximum absolute atomic E-state index is 11.4. The van der Waals surface area contributed by atoms with E-state index in [2.05, 4.69) is 10.8 Å². The average molecular weight is 194 g/mol. The van der Waals surface area contributed by atoms with Crippen LogP contribution in [0.5, 0.6) is 0 Å². The number of amides is 1. The topological polar surface area (TPSA) is 50.4 Å². The van der Waals surface area contributed by atoms with Crippen molar-refractivity contribution in [3.63, 3.8) is 0 Å². The second kappa shape index (κ2) is 4.28. The van der Waals surface area contributed by atoms with Crippen molar-refractivity contribution in [3.05, 3.63) is 23.9 Å². The van der Waals surface area contributed by atoms with Gasteiger partial charge in [-0.05, 0) is 18.8 Å². The zero-order chi connectivity index (χ0) is 9.80. The first-order chi connectivity index (χ1) is 6.86. The fourth-order valence-electron chi connectivity index (χ4n) is 1.18. The number of nitrogens with one attached hydrogen (secondary N) is 2. The van der Waals surface area contributed by atoms with Gasteiger partial charge in [0, 0.05) is 12.7 Å². The molecule has 2 rings (SSSR count). The van der Waals surface area contributed by atoms with Crippen molar-refractivity contribution < 1.29 is 9.63 Å². The van der Waals surface area contributed by atoms with Gasteiger partial charge in [0.05, 0.1) is 12.2 Å². The molecule has 76 valence electrons. The van der Waals surface area contributed by atoms with E-state index in [1.165, 1.54) is 12.8 Å². The highest BCUT2D eigenvalue weighted by molar-refractivity contribution is 5.95. The van der Waals surface area contributed by atoms with Gasteiger partial charge < -0.3 is 5.32 Å². The monoisotopic (exact) mass is 194 g/mol. The second-order valence-electron chi connectivity index (χ2n) is 3.60. The van der Waals surface area contributed by atoms with Crippen LogP contribution in [0.25, 0.3) is 0 Å². The molecule has 1 fully saturated rings. The molecule has 1 heterocycles. The van der Waals surface area contributed by atoms with E-state index in [4.69, 9.17) is 4.84 Å². The Kier molecular flexibility index (Phi) is 2.84. The van der Waals surface area contributed by atoms with Gasteiger partial charge >= 0.3 is 0 Å². The first kappa shape index (κ1) is 9.27. The number of hydrogen-bond acceptors (Lipinski definition) is 3. The van der Waals surface area contributed by atoms with E-state index in [1.54, 1.807) is 12.3 Å². The van der Waals surface area contributed by atoms with E-state index in [9.17, 15) is 4.79 Å². The zero-order valence-corrected chi connectivity index (χ0v) is 7.95. The van der Waals surface area contributed by atoms with E-state index < -0.39 is 0 Å². The van der Waals surface area contributed by atoms with Crippen LogP contribution in [-0.2, 0) is 9.63 Å².